The van der Waals surface area contributed by atoms with E-state index in [1.165, 1.54) is 0 Å². The molecule has 0 fully saturated rings. The van der Waals surface area contributed by atoms with Gasteiger partial charge in [-0.05, 0) is 42.8 Å². The first-order chi connectivity index (χ1) is 10.6. The van der Waals surface area contributed by atoms with Crippen molar-refractivity contribution >= 4 is 12.2 Å². The van der Waals surface area contributed by atoms with Gasteiger partial charge in [0.15, 0.2) is 4.77 Å². The molecule has 0 aliphatic rings. The minimum atomic E-state index is -0.105. The van der Waals surface area contributed by atoms with E-state index in [1.54, 1.807) is 0 Å². The topological polar surface area (TPSA) is 57.9 Å². The Labute approximate surface area is 135 Å². The molecule has 22 heavy (non-hydrogen) atoms. The monoisotopic (exact) mass is 318 g/mol. The summed E-state index contributed by atoms with van der Waals surface area (Å²) in [5.74, 6) is 0.844. The Morgan fingerprint density at radius 2 is 2.00 bits per heavy atom. The number of H-pyrrole nitrogens is 2. The van der Waals surface area contributed by atoms with Crippen molar-refractivity contribution in [3.8, 4) is 5.75 Å². The second-order valence-electron chi connectivity index (χ2n) is 5.29. The summed E-state index contributed by atoms with van der Waals surface area (Å²) in [6.45, 7) is 4.86. The normalized spacial score (nSPS) is 10.6. The number of hydrogen-bond donors (Lipinski definition) is 2. The van der Waals surface area contributed by atoms with E-state index < -0.39 is 0 Å². The molecule has 0 radical (unpaired) electrons. The van der Waals surface area contributed by atoms with E-state index in [1.807, 2.05) is 24.3 Å². The average molecular weight is 318 g/mol. The Bertz CT molecular complexity index is 734. The van der Waals surface area contributed by atoms with Gasteiger partial charge >= 0.3 is 0 Å². The lowest BCUT2D eigenvalue weighted by molar-refractivity contribution is 0.317. The summed E-state index contributed by atoms with van der Waals surface area (Å²) in [4.78, 5) is 18.0. The van der Waals surface area contributed by atoms with Gasteiger partial charge in [0, 0.05) is 17.7 Å². The molecule has 1 heterocycles. The van der Waals surface area contributed by atoms with Crippen LogP contribution >= 0.6 is 12.2 Å². The second kappa shape index (κ2) is 7.94. The van der Waals surface area contributed by atoms with E-state index in [0.717, 1.165) is 41.8 Å². The van der Waals surface area contributed by atoms with Crippen molar-refractivity contribution in [3.63, 3.8) is 0 Å². The van der Waals surface area contributed by atoms with Crippen LogP contribution in [0.4, 0.5) is 0 Å². The van der Waals surface area contributed by atoms with Crippen molar-refractivity contribution in [3.05, 3.63) is 56.2 Å². The van der Waals surface area contributed by atoms with Crippen molar-refractivity contribution < 1.29 is 4.74 Å². The molecular weight excluding hydrogens is 296 g/mol. The molecule has 1 aromatic heterocycles. The summed E-state index contributed by atoms with van der Waals surface area (Å²) in [5.41, 5.74) is 2.63. The van der Waals surface area contributed by atoms with Crippen LogP contribution in [0.5, 0.6) is 5.75 Å². The second-order valence-corrected chi connectivity index (χ2v) is 5.70. The van der Waals surface area contributed by atoms with Gasteiger partial charge in [-0.1, -0.05) is 32.4 Å². The molecule has 0 aliphatic heterocycles. The van der Waals surface area contributed by atoms with Crippen LogP contribution in [0.15, 0.2) is 29.1 Å². The Morgan fingerprint density at radius 1 is 1.18 bits per heavy atom. The fraction of sp³-hybridized carbons (Fsp3) is 0.412. The summed E-state index contributed by atoms with van der Waals surface area (Å²) < 4.78 is 6.04. The summed E-state index contributed by atoms with van der Waals surface area (Å²) in [7, 11) is 0. The third kappa shape index (κ3) is 4.31. The first-order valence-electron chi connectivity index (χ1n) is 7.70. The molecule has 2 N–H and O–H groups in total. The number of aromatic nitrogens is 2. The lowest BCUT2D eigenvalue weighted by atomic mass is 10.0. The van der Waals surface area contributed by atoms with Crippen LogP contribution in [0.1, 0.15) is 43.5 Å². The SMILES string of the molecule is CCCOc1cccc(Cc2c(CCC)[nH]c(=S)[nH]c2=O)c1. The molecule has 0 saturated carbocycles. The quantitative estimate of drug-likeness (QED) is 0.764. The highest BCUT2D eigenvalue weighted by atomic mass is 32.1. The van der Waals surface area contributed by atoms with Gasteiger partial charge in [-0.25, -0.2) is 0 Å². The van der Waals surface area contributed by atoms with Gasteiger partial charge in [0.05, 0.1) is 6.61 Å². The highest BCUT2D eigenvalue weighted by Gasteiger charge is 2.09. The lowest BCUT2D eigenvalue weighted by Gasteiger charge is -2.10. The van der Waals surface area contributed by atoms with Gasteiger partial charge in [-0.2, -0.15) is 0 Å². The molecule has 5 heteroatoms. The lowest BCUT2D eigenvalue weighted by Crippen LogP contribution is -2.18. The van der Waals surface area contributed by atoms with Crippen molar-refractivity contribution in [2.75, 3.05) is 6.61 Å². The van der Waals surface area contributed by atoms with Gasteiger partial charge in [-0.3, -0.25) is 9.78 Å². The van der Waals surface area contributed by atoms with Crippen LogP contribution in [0.25, 0.3) is 0 Å². The average Bonchev–Trinajstić information content (AvgIpc) is 2.49. The van der Waals surface area contributed by atoms with E-state index in [0.29, 0.717) is 17.8 Å². The third-order valence-electron chi connectivity index (χ3n) is 3.38. The van der Waals surface area contributed by atoms with Gasteiger partial charge in [0.2, 0.25) is 0 Å². The minimum absolute atomic E-state index is 0.105. The summed E-state index contributed by atoms with van der Waals surface area (Å²) in [6, 6.07) is 7.90. The van der Waals surface area contributed by atoms with E-state index in [4.69, 9.17) is 17.0 Å². The van der Waals surface area contributed by atoms with E-state index >= 15 is 0 Å². The van der Waals surface area contributed by atoms with Crippen LogP contribution in [-0.2, 0) is 12.8 Å². The number of benzene rings is 1. The molecule has 0 spiro atoms. The van der Waals surface area contributed by atoms with Crippen molar-refractivity contribution in [2.24, 2.45) is 0 Å². The fourth-order valence-corrected chi connectivity index (χ4v) is 2.59. The van der Waals surface area contributed by atoms with E-state index in [-0.39, 0.29) is 5.56 Å². The van der Waals surface area contributed by atoms with Crippen LogP contribution in [-0.4, -0.2) is 16.6 Å². The number of aryl methyl sites for hydroxylation is 1. The predicted octanol–water partition coefficient (Wildman–Crippen LogP) is 3.76. The minimum Gasteiger partial charge on any atom is -0.494 e. The van der Waals surface area contributed by atoms with Crippen LogP contribution in [0.2, 0.25) is 0 Å². The maximum Gasteiger partial charge on any atom is 0.255 e. The zero-order valence-corrected chi connectivity index (χ0v) is 13.9. The first-order valence-corrected chi connectivity index (χ1v) is 8.11. The fourth-order valence-electron chi connectivity index (χ4n) is 2.38. The largest absolute Gasteiger partial charge is 0.494 e. The van der Waals surface area contributed by atoms with Gasteiger partial charge in [-0.15, -0.1) is 0 Å². The molecule has 0 bridgehead atoms. The Hall–Kier alpha value is -1.88. The van der Waals surface area contributed by atoms with Gasteiger partial charge in [0.25, 0.3) is 5.56 Å². The maximum atomic E-state index is 12.2. The molecule has 2 aromatic rings. The number of aromatic amines is 2. The Balaban J connectivity index is 2.30. The summed E-state index contributed by atoms with van der Waals surface area (Å²) in [5, 5.41) is 0. The number of nitrogens with one attached hydrogen (secondary N) is 2. The number of rotatable bonds is 7. The van der Waals surface area contributed by atoms with Gasteiger partial charge < -0.3 is 9.72 Å². The van der Waals surface area contributed by atoms with Crippen LogP contribution in [0.3, 0.4) is 0 Å². The zero-order valence-electron chi connectivity index (χ0n) is 13.1. The summed E-state index contributed by atoms with van der Waals surface area (Å²) >= 11 is 5.06. The number of hydrogen-bond acceptors (Lipinski definition) is 3. The highest BCUT2D eigenvalue weighted by Crippen LogP contribution is 2.17. The van der Waals surface area contributed by atoms with Crippen molar-refractivity contribution in [1.29, 1.82) is 0 Å². The summed E-state index contributed by atoms with van der Waals surface area (Å²) in [6.07, 6.45) is 3.32. The first kappa shape index (κ1) is 16.5. The van der Waals surface area contributed by atoms with Gasteiger partial charge in [0.1, 0.15) is 5.75 Å². The molecular formula is C17H22N2O2S. The predicted molar refractivity (Wildman–Crippen MR) is 91.3 cm³/mol. The van der Waals surface area contributed by atoms with Crippen LogP contribution < -0.4 is 10.3 Å². The highest BCUT2D eigenvalue weighted by molar-refractivity contribution is 7.71. The molecule has 0 aliphatic carbocycles. The van der Waals surface area contributed by atoms with Crippen molar-refractivity contribution in [2.45, 2.75) is 39.5 Å². The van der Waals surface area contributed by atoms with E-state index in [9.17, 15) is 4.79 Å². The Kier molecular flexibility index (Phi) is 5.95. The number of ether oxygens (including phenoxy) is 1. The molecule has 0 atom stereocenters. The molecule has 0 saturated heterocycles. The third-order valence-corrected chi connectivity index (χ3v) is 3.59. The molecule has 4 nitrogen and oxygen atoms in total. The molecule has 1 aromatic carbocycles. The van der Waals surface area contributed by atoms with Crippen molar-refractivity contribution in [1.82, 2.24) is 9.97 Å². The standard InChI is InChI=1S/C17H22N2O2S/c1-3-6-15-14(16(20)19-17(22)18-15)11-12-7-5-8-13(10-12)21-9-4-2/h5,7-8,10H,3-4,6,9,11H2,1-2H3,(H2,18,19,20,22). The van der Waals surface area contributed by atoms with Crippen LogP contribution in [0, 0.1) is 4.77 Å². The zero-order chi connectivity index (χ0) is 15.9. The molecule has 2 rings (SSSR count). The van der Waals surface area contributed by atoms with E-state index in [2.05, 4.69) is 23.8 Å². The molecule has 118 valence electrons. The maximum absolute atomic E-state index is 12.2. The molecule has 0 unspecified atom stereocenters. The smallest absolute Gasteiger partial charge is 0.255 e. The molecule has 0 amide bonds. The Morgan fingerprint density at radius 3 is 2.73 bits per heavy atom.